The van der Waals surface area contributed by atoms with Crippen molar-refractivity contribution in [2.75, 3.05) is 37.5 Å². The van der Waals surface area contributed by atoms with Gasteiger partial charge < -0.3 is 15.0 Å². The Balaban J connectivity index is 1.77. The van der Waals surface area contributed by atoms with Crippen LogP contribution in [0.1, 0.15) is 28.9 Å². The maximum absolute atomic E-state index is 12.7. The number of nitro groups is 1. The molecule has 0 saturated carbocycles. The molecule has 0 bridgehead atoms. The minimum absolute atomic E-state index is 0.130. The van der Waals surface area contributed by atoms with Gasteiger partial charge in [-0.2, -0.15) is 0 Å². The summed E-state index contributed by atoms with van der Waals surface area (Å²) in [5.74, 6) is -0.452. The standard InChI is InChI=1S/C20H23N3O6S/c1-14(15-3-6-17(7-4-15)30(2,27)28)21-20(24)16-5-8-18(19(13-16)23(25)26)22-9-11-29-12-10-22/h3-8,13-14H,9-12H2,1-2H3,(H,21,24)/t14-/m1/s1. The van der Waals surface area contributed by atoms with E-state index < -0.39 is 26.7 Å². The van der Waals surface area contributed by atoms with Crippen molar-refractivity contribution >= 4 is 27.1 Å². The van der Waals surface area contributed by atoms with Crippen LogP contribution in [0.5, 0.6) is 0 Å². The minimum Gasteiger partial charge on any atom is -0.378 e. The van der Waals surface area contributed by atoms with Crippen molar-refractivity contribution in [3.05, 3.63) is 63.7 Å². The van der Waals surface area contributed by atoms with E-state index in [1.165, 1.54) is 18.2 Å². The van der Waals surface area contributed by atoms with Crippen LogP contribution in [-0.2, 0) is 14.6 Å². The smallest absolute Gasteiger partial charge is 0.293 e. The van der Waals surface area contributed by atoms with Crippen LogP contribution in [0.25, 0.3) is 0 Å². The predicted molar refractivity (Wildman–Crippen MR) is 112 cm³/mol. The molecule has 1 heterocycles. The molecule has 0 unspecified atom stereocenters. The summed E-state index contributed by atoms with van der Waals surface area (Å²) in [6.07, 6.45) is 1.13. The molecule has 1 N–H and O–H groups in total. The molecule has 1 amide bonds. The summed E-state index contributed by atoms with van der Waals surface area (Å²) in [5.41, 5.74) is 1.23. The molecule has 2 aromatic carbocycles. The van der Waals surface area contributed by atoms with Crippen LogP contribution >= 0.6 is 0 Å². The Kier molecular flexibility index (Phi) is 6.37. The van der Waals surface area contributed by atoms with E-state index in [9.17, 15) is 23.3 Å². The van der Waals surface area contributed by atoms with Gasteiger partial charge in [-0.05, 0) is 36.8 Å². The van der Waals surface area contributed by atoms with Gasteiger partial charge in [0.05, 0.1) is 29.1 Å². The highest BCUT2D eigenvalue weighted by molar-refractivity contribution is 7.90. The average molecular weight is 433 g/mol. The lowest BCUT2D eigenvalue weighted by molar-refractivity contribution is -0.384. The van der Waals surface area contributed by atoms with Crippen molar-refractivity contribution in [2.24, 2.45) is 0 Å². The molecule has 1 aliphatic heterocycles. The number of amides is 1. The molecule has 1 atom stereocenters. The van der Waals surface area contributed by atoms with Crippen LogP contribution in [0.15, 0.2) is 47.4 Å². The SMILES string of the molecule is C[C@@H](NC(=O)c1ccc(N2CCOCC2)c([N+](=O)[O-])c1)c1ccc(S(C)(=O)=O)cc1. The Hall–Kier alpha value is -2.98. The van der Waals surface area contributed by atoms with E-state index in [0.717, 1.165) is 11.8 Å². The monoisotopic (exact) mass is 433 g/mol. The topological polar surface area (TPSA) is 119 Å². The number of anilines is 1. The number of nitrogens with one attached hydrogen (secondary N) is 1. The summed E-state index contributed by atoms with van der Waals surface area (Å²) in [6.45, 7) is 3.84. The molecule has 1 aliphatic rings. The summed E-state index contributed by atoms with van der Waals surface area (Å²) in [6, 6.07) is 10.2. The molecule has 0 aromatic heterocycles. The largest absolute Gasteiger partial charge is 0.378 e. The summed E-state index contributed by atoms with van der Waals surface area (Å²) in [5, 5.41) is 14.4. The van der Waals surface area contributed by atoms with E-state index in [1.54, 1.807) is 31.2 Å². The second kappa shape index (κ2) is 8.80. The zero-order valence-corrected chi connectivity index (χ0v) is 17.5. The molecule has 9 nitrogen and oxygen atoms in total. The molecule has 0 radical (unpaired) electrons. The Morgan fingerprint density at radius 3 is 2.37 bits per heavy atom. The number of benzene rings is 2. The average Bonchev–Trinajstić information content (AvgIpc) is 2.73. The lowest BCUT2D eigenvalue weighted by Gasteiger charge is -2.28. The molecule has 3 rings (SSSR count). The Morgan fingerprint density at radius 2 is 1.80 bits per heavy atom. The van der Waals surface area contributed by atoms with Gasteiger partial charge in [0.25, 0.3) is 11.6 Å². The van der Waals surface area contributed by atoms with Crippen LogP contribution in [0.4, 0.5) is 11.4 Å². The molecule has 2 aromatic rings. The van der Waals surface area contributed by atoms with Gasteiger partial charge >= 0.3 is 0 Å². The second-order valence-electron chi connectivity index (χ2n) is 7.10. The van der Waals surface area contributed by atoms with Crippen molar-refractivity contribution in [3.63, 3.8) is 0 Å². The normalized spacial score (nSPS) is 15.5. The molecular weight excluding hydrogens is 410 g/mol. The van der Waals surface area contributed by atoms with Gasteiger partial charge in [0, 0.05) is 31.0 Å². The highest BCUT2D eigenvalue weighted by Crippen LogP contribution is 2.30. The van der Waals surface area contributed by atoms with Crippen LogP contribution in [-0.4, -0.2) is 51.8 Å². The predicted octanol–water partition coefficient (Wildman–Crippen LogP) is 2.33. The van der Waals surface area contributed by atoms with E-state index in [0.29, 0.717) is 32.0 Å². The molecule has 160 valence electrons. The van der Waals surface area contributed by atoms with Gasteiger partial charge in [-0.15, -0.1) is 0 Å². The second-order valence-corrected chi connectivity index (χ2v) is 9.11. The van der Waals surface area contributed by atoms with Crippen molar-refractivity contribution in [1.82, 2.24) is 5.32 Å². The lowest BCUT2D eigenvalue weighted by atomic mass is 10.1. The Bertz CT molecular complexity index is 1050. The van der Waals surface area contributed by atoms with Gasteiger partial charge in [0.2, 0.25) is 0 Å². The summed E-state index contributed by atoms with van der Waals surface area (Å²) in [7, 11) is -3.30. The number of sulfone groups is 1. The van der Waals surface area contributed by atoms with Gasteiger partial charge in [0.15, 0.2) is 9.84 Å². The zero-order chi connectivity index (χ0) is 21.9. The Morgan fingerprint density at radius 1 is 1.17 bits per heavy atom. The molecule has 10 heteroatoms. The van der Waals surface area contributed by atoms with Crippen LogP contribution in [0.3, 0.4) is 0 Å². The first-order valence-corrected chi connectivity index (χ1v) is 11.3. The zero-order valence-electron chi connectivity index (χ0n) is 16.7. The molecular formula is C20H23N3O6S. The highest BCUT2D eigenvalue weighted by Gasteiger charge is 2.24. The molecule has 0 aliphatic carbocycles. The van der Waals surface area contributed by atoms with Crippen LogP contribution in [0, 0.1) is 10.1 Å². The van der Waals surface area contributed by atoms with E-state index in [-0.39, 0.29) is 16.1 Å². The number of nitro benzene ring substituents is 1. The fourth-order valence-corrected chi connectivity index (χ4v) is 3.88. The number of nitrogens with zero attached hydrogens (tertiary/aromatic N) is 2. The number of carbonyl (C=O) groups is 1. The fourth-order valence-electron chi connectivity index (χ4n) is 3.25. The molecule has 30 heavy (non-hydrogen) atoms. The Labute approximate surface area is 174 Å². The van der Waals surface area contributed by atoms with Crippen molar-refractivity contribution < 1.29 is 22.9 Å². The fraction of sp³-hybridized carbons (Fsp3) is 0.350. The van der Waals surface area contributed by atoms with Crippen LogP contribution in [0.2, 0.25) is 0 Å². The van der Waals surface area contributed by atoms with Gasteiger partial charge in [-0.25, -0.2) is 8.42 Å². The lowest BCUT2D eigenvalue weighted by Crippen LogP contribution is -2.36. The van der Waals surface area contributed by atoms with Gasteiger partial charge in [0.1, 0.15) is 5.69 Å². The van der Waals surface area contributed by atoms with E-state index in [2.05, 4.69) is 5.32 Å². The quantitative estimate of drug-likeness (QED) is 0.548. The number of rotatable bonds is 6. The summed E-state index contributed by atoms with van der Waals surface area (Å²) >= 11 is 0. The first kappa shape index (κ1) is 21.7. The minimum atomic E-state index is -3.30. The number of hydrogen-bond donors (Lipinski definition) is 1. The molecule has 1 fully saturated rings. The van der Waals surface area contributed by atoms with E-state index >= 15 is 0 Å². The maximum atomic E-state index is 12.7. The summed E-state index contributed by atoms with van der Waals surface area (Å²) in [4.78, 5) is 25.8. The highest BCUT2D eigenvalue weighted by atomic mass is 32.2. The van der Waals surface area contributed by atoms with E-state index in [4.69, 9.17) is 4.74 Å². The third kappa shape index (κ3) is 4.95. The third-order valence-electron chi connectivity index (χ3n) is 4.94. The number of morpholine rings is 1. The van der Waals surface area contributed by atoms with Crippen molar-refractivity contribution in [1.29, 1.82) is 0 Å². The number of ether oxygens (including phenoxy) is 1. The molecule has 0 spiro atoms. The van der Waals surface area contributed by atoms with Gasteiger partial charge in [-0.3, -0.25) is 14.9 Å². The number of hydrogen-bond acceptors (Lipinski definition) is 7. The van der Waals surface area contributed by atoms with E-state index in [1.807, 2.05) is 4.90 Å². The first-order valence-electron chi connectivity index (χ1n) is 9.39. The third-order valence-corrected chi connectivity index (χ3v) is 6.07. The molecule has 1 saturated heterocycles. The number of carbonyl (C=O) groups excluding carboxylic acids is 1. The first-order chi connectivity index (χ1) is 14.2. The maximum Gasteiger partial charge on any atom is 0.293 e. The van der Waals surface area contributed by atoms with Crippen molar-refractivity contribution in [3.8, 4) is 0 Å². The van der Waals surface area contributed by atoms with Crippen LogP contribution < -0.4 is 10.2 Å². The van der Waals surface area contributed by atoms with Crippen molar-refractivity contribution in [2.45, 2.75) is 17.9 Å². The summed E-state index contributed by atoms with van der Waals surface area (Å²) < 4.78 is 28.4. The van der Waals surface area contributed by atoms with Gasteiger partial charge in [-0.1, -0.05) is 12.1 Å².